The molecule has 24 heavy (non-hydrogen) atoms. The highest BCUT2D eigenvalue weighted by Crippen LogP contribution is 2.17. The van der Waals surface area contributed by atoms with Crippen LogP contribution in [0.1, 0.15) is 44.3 Å². The smallest absolute Gasteiger partial charge is 0.258 e. The molecule has 1 saturated carbocycles. The Bertz CT molecular complexity index is 763. The lowest BCUT2D eigenvalue weighted by atomic mass is 9.92. The number of nitrogens with one attached hydrogen (secondary N) is 2. The van der Waals surface area contributed by atoms with Crippen LogP contribution in [0.5, 0.6) is 0 Å². The van der Waals surface area contributed by atoms with Gasteiger partial charge < -0.3 is 16.0 Å². The van der Waals surface area contributed by atoms with E-state index in [0.29, 0.717) is 36.0 Å². The van der Waals surface area contributed by atoms with Crippen molar-refractivity contribution in [2.45, 2.75) is 57.0 Å². The topological polar surface area (TPSA) is 101 Å². The normalized spacial score (nSPS) is 20.9. The van der Waals surface area contributed by atoms with E-state index in [1.807, 2.05) is 18.2 Å². The number of carbonyl (C=O) groups excluding carboxylic acids is 1. The molecule has 0 aliphatic heterocycles. The number of aromatic nitrogens is 2. The van der Waals surface area contributed by atoms with Gasteiger partial charge in [-0.1, -0.05) is 12.1 Å². The number of carbonyl (C=O) groups is 1. The third-order valence-electron chi connectivity index (χ3n) is 4.62. The standard InChI is InChI=1S/C18H24N4O2/c19-12-8-10-13(11-9-12)20-17(23)7-3-6-16-21-15-5-2-1-4-14(15)18(24)22-16/h1-2,4-5,12-13H,3,6-11,19H2,(H,20,23)(H,21,22,24). The van der Waals surface area contributed by atoms with Crippen LogP contribution in [0.25, 0.3) is 10.9 Å². The molecule has 1 amide bonds. The molecule has 1 aliphatic rings. The summed E-state index contributed by atoms with van der Waals surface area (Å²) in [4.78, 5) is 31.3. The number of aromatic amines is 1. The molecule has 0 radical (unpaired) electrons. The molecule has 6 heteroatoms. The van der Waals surface area contributed by atoms with Crippen molar-refractivity contribution in [3.63, 3.8) is 0 Å². The molecule has 0 unspecified atom stereocenters. The van der Waals surface area contributed by atoms with E-state index >= 15 is 0 Å². The van der Waals surface area contributed by atoms with Crippen molar-refractivity contribution in [2.24, 2.45) is 5.73 Å². The van der Waals surface area contributed by atoms with Crippen LogP contribution in [0.15, 0.2) is 29.1 Å². The molecule has 1 aromatic carbocycles. The van der Waals surface area contributed by atoms with Gasteiger partial charge in [0.25, 0.3) is 5.56 Å². The summed E-state index contributed by atoms with van der Waals surface area (Å²) in [5, 5.41) is 3.67. The van der Waals surface area contributed by atoms with Gasteiger partial charge in [-0.15, -0.1) is 0 Å². The Morgan fingerprint density at radius 2 is 2.00 bits per heavy atom. The zero-order valence-electron chi connectivity index (χ0n) is 13.8. The highest BCUT2D eigenvalue weighted by molar-refractivity contribution is 5.77. The average Bonchev–Trinajstić information content (AvgIpc) is 2.57. The second-order valence-corrected chi connectivity index (χ2v) is 6.56. The first-order valence-corrected chi connectivity index (χ1v) is 8.64. The maximum absolute atomic E-state index is 12.0. The Hall–Kier alpha value is -2.21. The van der Waals surface area contributed by atoms with E-state index < -0.39 is 0 Å². The van der Waals surface area contributed by atoms with Gasteiger partial charge in [0.15, 0.2) is 0 Å². The number of fused-ring (bicyclic) bond motifs is 1. The molecule has 0 bridgehead atoms. The molecule has 6 nitrogen and oxygen atoms in total. The summed E-state index contributed by atoms with van der Waals surface area (Å²) in [5.41, 5.74) is 6.44. The molecule has 3 rings (SSSR count). The predicted molar refractivity (Wildman–Crippen MR) is 93.7 cm³/mol. The summed E-state index contributed by atoms with van der Waals surface area (Å²) in [5.74, 6) is 0.703. The van der Waals surface area contributed by atoms with Gasteiger partial charge in [-0.2, -0.15) is 0 Å². The van der Waals surface area contributed by atoms with Crippen LogP contribution < -0.4 is 16.6 Å². The minimum absolute atomic E-state index is 0.0682. The number of hydrogen-bond acceptors (Lipinski definition) is 4. The minimum Gasteiger partial charge on any atom is -0.353 e. The Morgan fingerprint density at radius 1 is 1.25 bits per heavy atom. The molecule has 4 N–H and O–H groups in total. The molecule has 0 atom stereocenters. The van der Waals surface area contributed by atoms with E-state index in [2.05, 4.69) is 15.3 Å². The molecule has 1 heterocycles. The summed E-state index contributed by atoms with van der Waals surface area (Å²) in [6, 6.07) is 7.82. The van der Waals surface area contributed by atoms with Crippen LogP contribution in [-0.2, 0) is 11.2 Å². The number of nitrogens with two attached hydrogens (primary N) is 1. The van der Waals surface area contributed by atoms with E-state index in [9.17, 15) is 9.59 Å². The van der Waals surface area contributed by atoms with Gasteiger partial charge in [0, 0.05) is 24.9 Å². The first-order chi connectivity index (χ1) is 11.6. The Morgan fingerprint density at radius 3 is 2.79 bits per heavy atom. The fraction of sp³-hybridized carbons (Fsp3) is 0.500. The first kappa shape index (κ1) is 16.6. The summed E-state index contributed by atoms with van der Waals surface area (Å²) in [7, 11) is 0. The summed E-state index contributed by atoms with van der Waals surface area (Å²) < 4.78 is 0. The molecule has 0 spiro atoms. The van der Waals surface area contributed by atoms with Gasteiger partial charge in [0.05, 0.1) is 10.9 Å². The zero-order chi connectivity index (χ0) is 16.9. The molecule has 2 aromatic rings. The molecule has 1 aromatic heterocycles. The molecule has 1 fully saturated rings. The van der Waals surface area contributed by atoms with E-state index in [4.69, 9.17) is 5.73 Å². The zero-order valence-corrected chi connectivity index (χ0v) is 13.8. The van der Waals surface area contributed by atoms with Gasteiger partial charge in [-0.25, -0.2) is 4.98 Å². The fourth-order valence-electron chi connectivity index (χ4n) is 3.23. The highest BCUT2D eigenvalue weighted by atomic mass is 16.1. The lowest BCUT2D eigenvalue weighted by molar-refractivity contribution is -0.122. The Labute approximate surface area is 140 Å². The van der Waals surface area contributed by atoms with Crippen LogP contribution in [0, 0.1) is 0 Å². The Balaban J connectivity index is 1.49. The molecular formula is C18H24N4O2. The van der Waals surface area contributed by atoms with Gasteiger partial charge in [0.1, 0.15) is 5.82 Å². The van der Waals surface area contributed by atoms with Crippen molar-refractivity contribution < 1.29 is 4.79 Å². The molecule has 128 valence electrons. The number of amides is 1. The lowest BCUT2D eigenvalue weighted by Gasteiger charge is -2.26. The van der Waals surface area contributed by atoms with Gasteiger partial charge in [0.2, 0.25) is 5.91 Å². The maximum Gasteiger partial charge on any atom is 0.258 e. The number of nitrogens with zero attached hydrogens (tertiary/aromatic N) is 1. The van der Waals surface area contributed by atoms with Crippen LogP contribution >= 0.6 is 0 Å². The lowest BCUT2D eigenvalue weighted by Crippen LogP contribution is -2.40. The van der Waals surface area contributed by atoms with Crippen LogP contribution in [0.3, 0.4) is 0 Å². The second kappa shape index (κ2) is 7.57. The predicted octanol–water partition coefficient (Wildman–Crippen LogP) is 1.63. The van der Waals surface area contributed by atoms with Gasteiger partial charge >= 0.3 is 0 Å². The highest BCUT2D eigenvalue weighted by Gasteiger charge is 2.19. The monoisotopic (exact) mass is 328 g/mol. The average molecular weight is 328 g/mol. The van der Waals surface area contributed by atoms with Crippen molar-refractivity contribution in [3.05, 3.63) is 40.4 Å². The van der Waals surface area contributed by atoms with E-state index in [1.165, 1.54) is 0 Å². The maximum atomic E-state index is 12.0. The van der Waals surface area contributed by atoms with Crippen LogP contribution in [0.2, 0.25) is 0 Å². The van der Waals surface area contributed by atoms with Crippen molar-refractivity contribution in [1.82, 2.24) is 15.3 Å². The van der Waals surface area contributed by atoms with Crippen molar-refractivity contribution in [2.75, 3.05) is 0 Å². The largest absolute Gasteiger partial charge is 0.353 e. The number of para-hydroxylation sites is 1. The van der Waals surface area contributed by atoms with Crippen molar-refractivity contribution in [1.29, 1.82) is 0 Å². The van der Waals surface area contributed by atoms with Gasteiger partial charge in [-0.05, 0) is 44.2 Å². The third-order valence-corrected chi connectivity index (χ3v) is 4.62. The van der Waals surface area contributed by atoms with Crippen LogP contribution in [0.4, 0.5) is 0 Å². The number of H-pyrrole nitrogens is 1. The van der Waals surface area contributed by atoms with Gasteiger partial charge in [-0.3, -0.25) is 9.59 Å². The number of rotatable bonds is 5. The van der Waals surface area contributed by atoms with Crippen LogP contribution in [-0.4, -0.2) is 28.0 Å². The fourth-order valence-corrected chi connectivity index (χ4v) is 3.23. The molecular weight excluding hydrogens is 304 g/mol. The summed E-state index contributed by atoms with van der Waals surface area (Å²) in [6.45, 7) is 0. The SMILES string of the molecule is NC1CCC(NC(=O)CCCc2nc3ccccc3c(=O)[nH]2)CC1. The van der Waals surface area contributed by atoms with Crippen molar-refractivity contribution in [3.8, 4) is 0 Å². The first-order valence-electron chi connectivity index (χ1n) is 8.64. The molecule has 0 saturated heterocycles. The number of aryl methyl sites for hydroxylation is 1. The summed E-state index contributed by atoms with van der Waals surface area (Å²) in [6.07, 6.45) is 5.58. The minimum atomic E-state index is -0.126. The Kier molecular flexibility index (Phi) is 5.25. The number of hydrogen-bond donors (Lipinski definition) is 3. The van der Waals surface area contributed by atoms with E-state index in [-0.39, 0.29) is 23.6 Å². The third kappa shape index (κ3) is 4.20. The second-order valence-electron chi connectivity index (χ2n) is 6.56. The van der Waals surface area contributed by atoms with E-state index in [0.717, 1.165) is 25.7 Å². The van der Waals surface area contributed by atoms with E-state index in [1.54, 1.807) is 6.07 Å². The quantitative estimate of drug-likeness (QED) is 0.776. The summed E-state index contributed by atoms with van der Waals surface area (Å²) >= 11 is 0. The van der Waals surface area contributed by atoms with Crippen molar-refractivity contribution >= 4 is 16.8 Å². The number of benzene rings is 1. The molecule has 1 aliphatic carbocycles.